The topological polar surface area (TPSA) is 124 Å². The number of aromatic nitrogens is 3. The van der Waals surface area contributed by atoms with Crippen molar-refractivity contribution in [2.45, 2.75) is 11.1 Å². The Morgan fingerprint density at radius 2 is 1.77 bits per heavy atom. The van der Waals surface area contributed by atoms with Gasteiger partial charge in [-0.3, -0.25) is 18.8 Å². The van der Waals surface area contributed by atoms with Crippen LogP contribution >= 0.6 is 11.6 Å². The van der Waals surface area contributed by atoms with Crippen molar-refractivity contribution in [3.05, 3.63) is 76.2 Å². The molecule has 0 radical (unpaired) electrons. The van der Waals surface area contributed by atoms with Gasteiger partial charge in [0.25, 0.3) is 15.6 Å². The molecule has 0 atom stereocenters. The lowest BCUT2D eigenvalue weighted by Crippen LogP contribution is -2.39. The molecule has 0 amide bonds. The second kappa shape index (κ2) is 13.8. The average Bonchev–Trinajstić information content (AvgIpc) is 2.95. The number of fused-ring (bicyclic) bond motifs is 1. The highest BCUT2D eigenvalue weighted by molar-refractivity contribution is 7.92. The number of nitrogens with zero attached hydrogens (tertiary/aromatic N) is 4. The molecule has 1 aromatic carbocycles. The summed E-state index contributed by atoms with van der Waals surface area (Å²) in [6, 6.07) is 7.38. The lowest BCUT2D eigenvalue weighted by atomic mass is 10.1. The van der Waals surface area contributed by atoms with E-state index in [4.69, 9.17) is 25.8 Å². The van der Waals surface area contributed by atoms with Crippen LogP contribution in [0.4, 0.5) is 23.2 Å². The van der Waals surface area contributed by atoms with Crippen LogP contribution in [0.5, 0.6) is 11.6 Å². The number of alkyl halides is 3. The zero-order chi connectivity index (χ0) is 32.1. The van der Waals surface area contributed by atoms with Crippen molar-refractivity contribution in [1.29, 1.82) is 0 Å². The quantitative estimate of drug-likeness (QED) is 0.210. The first kappa shape index (κ1) is 32.9. The number of sulfonamides is 1. The third-order valence-corrected chi connectivity index (χ3v) is 8.00. The molecule has 11 nitrogen and oxygen atoms in total. The van der Waals surface area contributed by atoms with Gasteiger partial charge in [0.2, 0.25) is 11.6 Å². The third kappa shape index (κ3) is 8.13. The normalized spacial score (nSPS) is 12.1. The number of hydrogen-bond donors (Lipinski definition) is 1. The molecule has 0 saturated heterocycles. The van der Waals surface area contributed by atoms with E-state index in [2.05, 4.69) is 14.7 Å². The van der Waals surface area contributed by atoms with Crippen molar-refractivity contribution in [3.63, 3.8) is 0 Å². The molecule has 236 valence electrons. The van der Waals surface area contributed by atoms with Gasteiger partial charge in [-0.15, -0.1) is 0 Å². The maximum Gasteiger partial charge on any atom is 0.401 e. The van der Waals surface area contributed by atoms with Crippen LogP contribution in [0, 0.1) is 5.82 Å². The van der Waals surface area contributed by atoms with Crippen LogP contribution in [0.3, 0.4) is 0 Å². The van der Waals surface area contributed by atoms with Crippen LogP contribution in [-0.2, 0) is 14.8 Å². The van der Waals surface area contributed by atoms with Gasteiger partial charge in [-0.1, -0.05) is 11.6 Å². The smallest absolute Gasteiger partial charge is 0.401 e. The number of pyridine rings is 2. The first-order chi connectivity index (χ1) is 20.8. The second-order valence-electron chi connectivity index (χ2n) is 9.27. The summed E-state index contributed by atoms with van der Waals surface area (Å²) in [7, 11) is -1.63. The molecule has 0 bridgehead atoms. The van der Waals surface area contributed by atoms with E-state index in [0.717, 1.165) is 23.1 Å². The Bertz CT molecular complexity index is 1810. The summed E-state index contributed by atoms with van der Waals surface area (Å²) in [5.41, 5.74) is 0.354. The van der Waals surface area contributed by atoms with Gasteiger partial charge in [0.1, 0.15) is 28.7 Å². The molecule has 0 unspecified atom stereocenters. The third-order valence-electron chi connectivity index (χ3n) is 6.16. The molecular weight excluding hydrogens is 634 g/mol. The molecular formula is C27H26ClF4N5O6S. The summed E-state index contributed by atoms with van der Waals surface area (Å²) in [6.45, 7) is -1.40. The highest BCUT2D eigenvalue weighted by Crippen LogP contribution is 2.32. The largest absolute Gasteiger partial charge is 0.485 e. The summed E-state index contributed by atoms with van der Waals surface area (Å²) in [5, 5.41) is -0.331. The minimum atomic E-state index is -4.42. The van der Waals surface area contributed by atoms with E-state index >= 15 is 0 Å². The molecule has 0 saturated carbocycles. The lowest BCUT2D eigenvalue weighted by Gasteiger charge is -2.23. The molecule has 0 aliphatic heterocycles. The highest BCUT2D eigenvalue weighted by Gasteiger charge is 2.30. The number of rotatable bonds is 13. The van der Waals surface area contributed by atoms with E-state index < -0.39 is 34.1 Å². The first-order valence-corrected chi connectivity index (χ1v) is 14.6. The number of methoxy groups -OCH3 is 2. The number of anilines is 1. The van der Waals surface area contributed by atoms with Crippen molar-refractivity contribution in [3.8, 4) is 22.8 Å². The zero-order valence-corrected chi connectivity index (χ0v) is 24.8. The summed E-state index contributed by atoms with van der Waals surface area (Å²) in [5.74, 6) is -0.970. The molecule has 4 aromatic rings. The fourth-order valence-electron chi connectivity index (χ4n) is 4.10. The van der Waals surface area contributed by atoms with Crippen molar-refractivity contribution in [2.75, 3.05) is 51.8 Å². The van der Waals surface area contributed by atoms with Gasteiger partial charge < -0.3 is 14.2 Å². The summed E-state index contributed by atoms with van der Waals surface area (Å²) in [4.78, 5) is 22.2. The maximum atomic E-state index is 13.5. The van der Waals surface area contributed by atoms with Crippen LogP contribution in [0.1, 0.15) is 0 Å². The van der Waals surface area contributed by atoms with Gasteiger partial charge in [-0.05, 0) is 36.4 Å². The van der Waals surface area contributed by atoms with Gasteiger partial charge in [0.05, 0.1) is 31.5 Å². The van der Waals surface area contributed by atoms with Crippen molar-refractivity contribution < 1.29 is 40.2 Å². The predicted molar refractivity (Wildman–Crippen MR) is 153 cm³/mol. The molecule has 0 spiro atoms. The Kier molecular flexibility index (Phi) is 10.3. The molecule has 0 aliphatic carbocycles. The maximum absolute atomic E-state index is 13.5. The second-order valence-corrected chi connectivity index (χ2v) is 11.3. The van der Waals surface area contributed by atoms with Crippen LogP contribution in [0.25, 0.3) is 16.8 Å². The molecule has 0 aliphatic rings. The minimum absolute atomic E-state index is 0.0165. The Balaban J connectivity index is 1.59. The number of ether oxygens (including phenoxy) is 3. The Labute approximate surface area is 254 Å². The van der Waals surface area contributed by atoms with Gasteiger partial charge in [-0.25, -0.2) is 22.8 Å². The van der Waals surface area contributed by atoms with Crippen LogP contribution in [0.2, 0.25) is 5.02 Å². The van der Waals surface area contributed by atoms with E-state index in [1.165, 1.54) is 49.3 Å². The molecule has 17 heteroatoms. The number of halogens is 5. The lowest BCUT2D eigenvalue weighted by molar-refractivity contribution is -0.147. The first-order valence-electron chi connectivity index (χ1n) is 12.8. The Hall–Kier alpha value is -3.99. The Morgan fingerprint density at radius 1 is 1.02 bits per heavy atom. The van der Waals surface area contributed by atoms with Crippen LogP contribution in [-0.4, -0.2) is 80.9 Å². The van der Waals surface area contributed by atoms with E-state index in [1.54, 1.807) is 6.07 Å². The number of nitrogens with one attached hydrogen (secondary N) is 1. The van der Waals surface area contributed by atoms with E-state index in [-0.39, 0.29) is 59.2 Å². The van der Waals surface area contributed by atoms with Crippen LogP contribution < -0.4 is 19.8 Å². The molecule has 1 N–H and O–H groups in total. The van der Waals surface area contributed by atoms with Crippen molar-refractivity contribution in [2.24, 2.45) is 0 Å². The summed E-state index contributed by atoms with van der Waals surface area (Å²) >= 11 is 5.95. The standard InChI is InChI=1S/C27H26ClF4N5O6S/c1-41-9-7-36(16-27(30,31)32)8-10-43-22-14-33-24-6-3-17(15-37(24)26(22)38)18-11-21(25(42-2)34-13-18)35-44(39,40)23-5-4-19(29)12-20(23)28/h3-6,11-15,35H,7-10,16H2,1-2H3. The predicted octanol–water partition coefficient (Wildman–Crippen LogP) is 4.25. The van der Waals surface area contributed by atoms with Crippen molar-refractivity contribution in [1.82, 2.24) is 19.3 Å². The molecule has 3 heterocycles. The molecule has 3 aromatic heterocycles. The molecule has 0 fully saturated rings. The zero-order valence-electron chi connectivity index (χ0n) is 23.3. The van der Waals surface area contributed by atoms with E-state index in [9.17, 15) is 30.8 Å². The minimum Gasteiger partial charge on any atom is -0.485 e. The SMILES string of the molecule is COCCN(CCOc1cnc2ccc(-c3cnc(OC)c(NS(=O)(=O)c4ccc(F)cc4Cl)c3)cn2c1=O)CC(F)(F)F. The fourth-order valence-corrected chi connectivity index (χ4v) is 5.68. The van der Waals surface area contributed by atoms with Crippen molar-refractivity contribution >= 4 is 33.0 Å². The number of hydrogen-bond acceptors (Lipinski definition) is 9. The van der Waals surface area contributed by atoms with Gasteiger partial charge in [-0.2, -0.15) is 13.2 Å². The van der Waals surface area contributed by atoms with Gasteiger partial charge >= 0.3 is 6.18 Å². The summed E-state index contributed by atoms with van der Waals surface area (Å²) < 4.78 is 97.3. The number of benzene rings is 1. The molecule has 44 heavy (non-hydrogen) atoms. The summed E-state index contributed by atoms with van der Waals surface area (Å²) in [6.07, 6.45) is -0.428. The van der Waals surface area contributed by atoms with Gasteiger partial charge in [0.15, 0.2) is 0 Å². The van der Waals surface area contributed by atoms with Crippen LogP contribution in [0.15, 0.2) is 64.7 Å². The monoisotopic (exact) mass is 659 g/mol. The average molecular weight is 660 g/mol. The van der Waals surface area contributed by atoms with Gasteiger partial charge in [0, 0.05) is 43.7 Å². The Morgan fingerprint density at radius 3 is 2.45 bits per heavy atom. The van der Waals surface area contributed by atoms with E-state index in [0.29, 0.717) is 11.1 Å². The highest BCUT2D eigenvalue weighted by atomic mass is 35.5. The molecule has 4 rings (SSSR count). The van der Waals surface area contributed by atoms with E-state index in [1.807, 2.05) is 0 Å². The fraction of sp³-hybridized carbons (Fsp3) is 0.296.